The molecule has 0 saturated heterocycles. The molecule has 165 valence electrons. The predicted octanol–water partition coefficient (Wildman–Crippen LogP) is 4.47. The molecule has 0 unspecified atom stereocenters. The van der Waals surface area contributed by atoms with Gasteiger partial charge < -0.3 is 0 Å². The Morgan fingerprint density at radius 3 is 1.91 bits per heavy atom. The predicted molar refractivity (Wildman–Crippen MR) is 139 cm³/mol. The molecule has 0 spiro atoms. The van der Waals surface area contributed by atoms with Crippen molar-refractivity contribution in [3.8, 4) is 11.1 Å². The van der Waals surface area contributed by atoms with Crippen molar-refractivity contribution in [2.24, 2.45) is 0 Å². The average Bonchev–Trinajstić information content (AvgIpc) is 3.18. The maximum atomic E-state index is 12.7. The van der Waals surface area contributed by atoms with E-state index >= 15 is 0 Å². The van der Waals surface area contributed by atoms with E-state index in [0.717, 1.165) is 25.7 Å². The normalized spacial score (nSPS) is 13.6. The van der Waals surface area contributed by atoms with Crippen LogP contribution in [0.3, 0.4) is 0 Å². The first kappa shape index (κ1) is 22.8. The molecule has 0 bridgehead atoms. The van der Waals surface area contributed by atoms with Gasteiger partial charge in [-0.15, -0.1) is 0 Å². The number of hydrogen-bond acceptors (Lipinski definition) is 1. The number of carbonyl (C=O) groups excluding carboxylic acids is 1. The zero-order chi connectivity index (χ0) is 23.1. The molecule has 4 aromatic carbocycles. The van der Waals surface area contributed by atoms with Crippen LogP contribution in [-0.4, -0.2) is 11.9 Å². The third-order valence-corrected chi connectivity index (χ3v) is 55.2. The Kier molecular flexibility index (Phi) is 5.98. The number of amides is 1. The Bertz CT molecular complexity index is 1310. The molecule has 0 heterocycles. The first-order chi connectivity index (χ1) is 15.9. The van der Waals surface area contributed by atoms with Crippen LogP contribution in [0.4, 0.5) is 0 Å². The van der Waals surface area contributed by atoms with E-state index in [1.165, 1.54) is 23.6 Å². The van der Waals surface area contributed by atoms with Gasteiger partial charge in [0.25, 0.3) is 0 Å². The number of halogens is 2. The number of benzene rings is 4. The first-order valence-corrected chi connectivity index (χ1v) is 31.5. The van der Waals surface area contributed by atoms with Gasteiger partial charge in [-0.3, -0.25) is 0 Å². The molecule has 0 aliphatic heterocycles. The average molecular weight is 656 g/mol. The topological polar surface area (TPSA) is 29.1 Å². The van der Waals surface area contributed by atoms with Gasteiger partial charge in [-0.25, -0.2) is 0 Å². The molecule has 33 heavy (non-hydrogen) atoms. The van der Waals surface area contributed by atoms with Gasteiger partial charge in [-0.1, -0.05) is 0 Å². The van der Waals surface area contributed by atoms with Gasteiger partial charge in [0.05, 0.1) is 0 Å². The molecule has 5 rings (SSSR count). The Morgan fingerprint density at radius 2 is 1.30 bits per heavy atom. The molecule has 0 atom stereocenters. The Morgan fingerprint density at radius 1 is 0.758 bits per heavy atom. The van der Waals surface area contributed by atoms with Crippen molar-refractivity contribution in [2.75, 3.05) is 0 Å². The summed E-state index contributed by atoms with van der Waals surface area (Å²) in [6, 6.07) is 35.3. The van der Waals surface area contributed by atoms with Gasteiger partial charge in [0.1, 0.15) is 0 Å². The SMILES string of the molecule is CC(=O)[NH][Hf]([Cl])([Cl])([c]1cccc2c1Cc1ccccc1-2)[SiH](c1ccccc1)c1ccccc1. The van der Waals surface area contributed by atoms with Crippen LogP contribution in [0.5, 0.6) is 0 Å². The molecule has 4 aromatic rings. The molecule has 0 radical (unpaired) electrons. The summed E-state index contributed by atoms with van der Waals surface area (Å²) in [7, 11) is 15.8. The van der Waals surface area contributed by atoms with Crippen LogP contribution >= 0.6 is 17.2 Å². The Balaban J connectivity index is 1.82. The fourth-order valence-electron chi connectivity index (χ4n) is 5.27. The molecule has 1 amide bonds. The van der Waals surface area contributed by atoms with E-state index < -0.39 is 21.6 Å². The summed E-state index contributed by atoms with van der Waals surface area (Å²) in [4.78, 5) is 12.7. The van der Waals surface area contributed by atoms with Crippen LogP contribution in [0, 0.1) is 0 Å². The molecule has 0 saturated carbocycles. The first-order valence-electron chi connectivity index (χ1n) is 11.0. The number of carbonyl (C=O) groups is 1. The van der Waals surface area contributed by atoms with Crippen LogP contribution in [-0.2, 0) is 26.8 Å². The van der Waals surface area contributed by atoms with Gasteiger partial charge in [0.15, 0.2) is 0 Å². The van der Waals surface area contributed by atoms with Crippen molar-refractivity contribution in [3.63, 3.8) is 0 Å². The van der Waals surface area contributed by atoms with Crippen LogP contribution < -0.4 is 17.0 Å². The van der Waals surface area contributed by atoms with Crippen molar-refractivity contribution in [1.82, 2.24) is 3.30 Å². The fourth-order valence-corrected chi connectivity index (χ4v) is 58.5. The van der Waals surface area contributed by atoms with Crippen LogP contribution in [0.2, 0.25) is 0 Å². The minimum atomic E-state index is -5.38. The Hall–Kier alpha value is -1.98. The van der Waals surface area contributed by atoms with E-state index in [1.54, 1.807) is 0 Å². The van der Waals surface area contributed by atoms with E-state index in [0.29, 0.717) is 0 Å². The van der Waals surface area contributed by atoms with Crippen molar-refractivity contribution in [3.05, 3.63) is 114 Å². The fraction of sp³-hybridized carbons (Fsp3) is 0.0741. The monoisotopic (exact) mass is 656 g/mol. The van der Waals surface area contributed by atoms with Crippen LogP contribution in [0.1, 0.15) is 18.1 Å². The van der Waals surface area contributed by atoms with Crippen LogP contribution in [0.25, 0.3) is 11.1 Å². The molecule has 1 N–H and O–H groups in total. The zero-order valence-electron chi connectivity index (χ0n) is 18.3. The Labute approximate surface area is 203 Å². The zero-order valence-corrected chi connectivity index (χ0v) is 24.5. The maximum absolute atomic E-state index is 12.7. The van der Waals surface area contributed by atoms with Gasteiger partial charge >= 0.3 is 205 Å². The van der Waals surface area contributed by atoms with Crippen molar-refractivity contribution >= 4 is 42.7 Å². The summed E-state index contributed by atoms with van der Waals surface area (Å²) < 4.78 is 4.25. The quantitative estimate of drug-likeness (QED) is 0.279. The summed E-state index contributed by atoms with van der Waals surface area (Å²) in [6.45, 7) is 1.53. The summed E-state index contributed by atoms with van der Waals surface area (Å²) >= 11 is -5.38. The molecule has 6 heteroatoms. The van der Waals surface area contributed by atoms with Crippen molar-refractivity contribution < 1.29 is 20.4 Å². The second kappa shape index (κ2) is 8.66. The van der Waals surface area contributed by atoms with E-state index in [4.69, 9.17) is 17.2 Å². The second-order valence-corrected chi connectivity index (χ2v) is 57.6. The second-order valence-electron chi connectivity index (χ2n) is 8.68. The third kappa shape index (κ3) is 3.97. The van der Waals surface area contributed by atoms with Crippen LogP contribution in [0.15, 0.2) is 103 Å². The third-order valence-electron chi connectivity index (χ3n) is 6.52. The summed E-state index contributed by atoms with van der Waals surface area (Å²) in [5.74, 6) is -2.47. The summed E-state index contributed by atoms with van der Waals surface area (Å²) in [5, 5.41) is 2.29. The number of nitrogens with one attached hydrogen (secondary N) is 1. The van der Waals surface area contributed by atoms with Gasteiger partial charge in [0.2, 0.25) is 0 Å². The van der Waals surface area contributed by atoms with E-state index in [2.05, 4.69) is 64.0 Å². The van der Waals surface area contributed by atoms with E-state index in [1.807, 2.05) is 42.5 Å². The summed E-state index contributed by atoms with van der Waals surface area (Å²) in [5.41, 5.74) is 4.83. The number of hydrogen-bond donors (Lipinski definition) is 1. The number of fused-ring (bicyclic) bond motifs is 3. The standard InChI is InChI=1S/C13H9.C12H11Si.C2H5NO.2ClH.Hf/c1-3-7-12-10(5-1)9-11-6-2-4-8-13(11)12;1-3-7-11(8-4-1)13-12-9-5-2-6-10-12;1-2(3)4;;;/h1-5,7-8H,9H2;1-10,13H;1H3,(H2,3,4);2*1H;/q;;;;;+3/p-3. The van der Waals surface area contributed by atoms with Crippen molar-refractivity contribution in [1.29, 1.82) is 0 Å². The van der Waals surface area contributed by atoms with E-state index in [9.17, 15) is 4.79 Å². The van der Waals surface area contributed by atoms with Crippen molar-refractivity contribution in [2.45, 2.75) is 13.3 Å². The van der Waals surface area contributed by atoms with Gasteiger partial charge in [0, 0.05) is 0 Å². The molecule has 0 aromatic heterocycles. The number of rotatable bonds is 5. The molecule has 1 aliphatic carbocycles. The molecule has 0 fully saturated rings. The molecular weight excluding hydrogens is 632 g/mol. The van der Waals surface area contributed by atoms with Gasteiger partial charge in [-0.2, -0.15) is 0 Å². The molecule has 2 nitrogen and oxygen atoms in total. The van der Waals surface area contributed by atoms with Gasteiger partial charge in [-0.05, 0) is 0 Å². The summed E-state index contributed by atoms with van der Waals surface area (Å²) in [6.07, 6.45) is 0.776. The van der Waals surface area contributed by atoms with E-state index in [-0.39, 0.29) is 5.91 Å². The minimum absolute atomic E-state index is 0.173. The molecule has 1 aliphatic rings. The molecular formula is C27H24Cl2HfNOSi.